The standard InChI is InChI=1S/C15H24O8/c1-5-8-23-11(17)9-15(20,14(19)22-7-3)12(10(4)16)13(18)21-6-2/h12,20H,5-9H2,1-4H3. The molecule has 0 amide bonds. The highest BCUT2D eigenvalue weighted by Gasteiger charge is 2.54. The van der Waals surface area contributed by atoms with Crippen LogP contribution in [0.2, 0.25) is 0 Å². The van der Waals surface area contributed by atoms with E-state index in [0.717, 1.165) is 6.92 Å². The molecule has 0 rings (SSSR count). The molecule has 0 bridgehead atoms. The zero-order valence-corrected chi connectivity index (χ0v) is 13.9. The van der Waals surface area contributed by atoms with E-state index in [1.807, 2.05) is 0 Å². The van der Waals surface area contributed by atoms with Gasteiger partial charge in [0.2, 0.25) is 0 Å². The smallest absolute Gasteiger partial charge is 0.340 e. The summed E-state index contributed by atoms with van der Waals surface area (Å²) < 4.78 is 14.3. The van der Waals surface area contributed by atoms with Crippen molar-refractivity contribution >= 4 is 23.7 Å². The molecular formula is C15H24O8. The molecule has 0 radical (unpaired) electrons. The molecule has 0 aliphatic carbocycles. The van der Waals surface area contributed by atoms with Crippen molar-refractivity contribution in [3.63, 3.8) is 0 Å². The van der Waals surface area contributed by atoms with Gasteiger partial charge in [0.1, 0.15) is 5.78 Å². The fourth-order valence-electron chi connectivity index (χ4n) is 1.96. The highest BCUT2D eigenvalue weighted by atomic mass is 16.6. The van der Waals surface area contributed by atoms with Crippen molar-refractivity contribution in [2.75, 3.05) is 19.8 Å². The van der Waals surface area contributed by atoms with Crippen LogP contribution in [0.5, 0.6) is 0 Å². The van der Waals surface area contributed by atoms with Crippen LogP contribution in [0.3, 0.4) is 0 Å². The maximum atomic E-state index is 12.1. The molecule has 0 spiro atoms. The predicted octanol–water partition coefficient (Wildman–Crippen LogP) is 0.392. The Kier molecular flexibility index (Phi) is 9.09. The first-order valence-corrected chi connectivity index (χ1v) is 7.46. The van der Waals surface area contributed by atoms with Gasteiger partial charge < -0.3 is 19.3 Å². The number of esters is 3. The van der Waals surface area contributed by atoms with Crippen LogP contribution in [0.1, 0.15) is 40.5 Å². The third-order valence-electron chi connectivity index (χ3n) is 2.92. The molecule has 2 atom stereocenters. The van der Waals surface area contributed by atoms with E-state index in [2.05, 4.69) is 0 Å². The molecule has 2 unspecified atom stereocenters. The van der Waals surface area contributed by atoms with E-state index >= 15 is 0 Å². The van der Waals surface area contributed by atoms with Gasteiger partial charge in [0.25, 0.3) is 0 Å². The molecule has 1 N–H and O–H groups in total. The van der Waals surface area contributed by atoms with E-state index in [1.54, 1.807) is 6.92 Å². The van der Waals surface area contributed by atoms with Crippen molar-refractivity contribution in [2.24, 2.45) is 5.92 Å². The fourth-order valence-corrected chi connectivity index (χ4v) is 1.96. The number of carbonyl (C=O) groups is 4. The third-order valence-corrected chi connectivity index (χ3v) is 2.92. The van der Waals surface area contributed by atoms with Crippen LogP contribution < -0.4 is 0 Å². The Hall–Kier alpha value is -1.96. The lowest BCUT2D eigenvalue weighted by molar-refractivity contribution is -0.187. The minimum atomic E-state index is -2.67. The second kappa shape index (κ2) is 9.94. The zero-order valence-electron chi connectivity index (χ0n) is 13.9. The SMILES string of the molecule is CCCOC(=O)CC(O)(C(=O)OCC)C(C(C)=O)C(=O)OCC. The maximum Gasteiger partial charge on any atom is 0.340 e. The molecule has 0 aliphatic heterocycles. The van der Waals surface area contributed by atoms with E-state index in [-0.39, 0.29) is 19.8 Å². The maximum absolute atomic E-state index is 12.1. The molecule has 0 heterocycles. The Morgan fingerprint density at radius 2 is 1.57 bits per heavy atom. The van der Waals surface area contributed by atoms with Gasteiger partial charge in [-0.05, 0) is 27.2 Å². The van der Waals surface area contributed by atoms with Crippen LogP contribution in [0.25, 0.3) is 0 Å². The molecule has 0 fully saturated rings. The van der Waals surface area contributed by atoms with Crippen LogP contribution in [0.15, 0.2) is 0 Å². The Balaban J connectivity index is 5.60. The third kappa shape index (κ3) is 5.97. The highest BCUT2D eigenvalue weighted by molar-refractivity contribution is 6.05. The number of hydrogen-bond acceptors (Lipinski definition) is 8. The van der Waals surface area contributed by atoms with Gasteiger partial charge in [0.05, 0.1) is 26.2 Å². The normalized spacial score (nSPS) is 14.3. The van der Waals surface area contributed by atoms with Crippen LogP contribution in [0.4, 0.5) is 0 Å². The van der Waals surface area contributed by atoms with E-state index in [1.165, 1.54) is 13.8 Å². The number of hydrogen-bond donors (Lipinski definition) is 1. The van der Waals surface area contributed by atoms with Gasteiger partial charge in [0, 0.05) is 0 Å². The number of ketones is 1. The van der Waals surface area contributed by atoms with Gasteiger partial charge >= 0.3 is 17.9 Å². The first kappa shape index (κ1) is 21.0. The topological polar surface area (TPSA) is 116 Å². The molecular weight excluding hydrogens is 308 g/mol. The molecule has 0 aromatic carbocycles. The Bertz CT molecular complexity index is 445. The van der Waals surface area contributed by atoms with Crippen molar-refractivity contribution in [3.05, 3.63) is 0 Å². The van der Waals surface area contributed by atoms with Crippen molar-refractivity contribution in [2.45, 2.75) is 46.1 Å². The quantitative estimate of drug-likeness (QED) is 0.347. The van der Waals surface area contributed by atoms with Crippen LogP contribution in [-0.2, 0) is 33.4 Å². The van der Waals surface area contributed by atoms with Crippen LogP contribution in [-0.4, -0.2) is 54.2 Å². The molecule has 0 aromatic rings. The second-order valence-electron chi connectivity index (χ2n) is 4.84. The van der Waals surface area contributed by atoms with E-state index in [0.29, 0.717) is 6.42 Å². The van der Waals surface area contributed by atoms with Crippen LogP contribution in [0, 0.1) is 5.92 Å². The summed E-state index contributed by atoms with van der Waals surface area (Å²) in [5.74, 6) is -5.95. The average molecular weight is 332 g/mol. The predicted molar refractivity (Wildman–Crippen MR) is 78.3 cm³/mol. The average Bonchev–Trinajstić information content (AvgIpc) is 2.45. The minimum absolute atomic E-state index is 0.0538. The summed E-state index contributed by atoms with van der Waals surface area (Å²) in [5.41, 5.74) is -2.67. The van der Waals surface area contributed by atoms with E-state index < -0.39 is 41.6 Å². The number of Topliss-reactive ketones (excluding diaryl/α,β-unsaturated/α-hetero) is 1. The summed E-state index contributed by atoms with van der Waals surface area (Å²) in [6.45, 7) is 5.71. The Morgan fingerprint density at radius 3 is 2.00 bits per heavy atom. The summed E-state index contributed by atoms with van der Waals surface area (Å²) in [6, 6.07) is 0. The molecule has 0 saturated carbocycles. The summed E-state index contributed by atoms with van der Waals surface area (Å²) in [6.07, 6.45) is -0.341. The van der Waals surface area contributed by atoms with Gasteiger partial charge in [-0.1, -0.05) is 6.92 Å². The summed E-state index contributed by atoms with van der Waals surface area (Å²) in [5, 5.41) is 10.6. The Labute approximate surface area is 135 Å². The summed E-state index contributed by atoms with van der Waals surface area (Å²) >= 11 is 0. The summed E-state index contributed by atoms with van der Waals surface area (Å²) in [4.78, 5) is 47.6. The molecule has 8 nitrogen and oxygen atoms in total. The molecule has 0 aliphatic rings. The molecule has 8 heteroatoms. The number of ether oxygens (including phenoxy) is 3. The lowest BCUT2D eigenvalue weighted by Gasteiger charge is -2.30. The number of rotatable bonds is 10. The lowest BCUT2D eigenvalue weighted by Crippen LogP contribution is -2.54. The molecule has 23 heavy (non-hydrogen) atoms. The van der Waals surface area contributed by atoms with Crippen molar-refractivity contribution in [1.82, 2.24) is 0 Å². The monoisotopic (exact) mass is 332 g/mol. The molecule has 0 saturated heterocycles. The van der Waals surface area contributed by atoms with Gasteiger partial charge in [-0.15, -0.1) is 0 Å². The van der Waals surface area contributed by atoms with Crippen molar-refractivity contribution in [1.29, 1.82) is 0 Å². The highest BCUT2D eigenvalue weighted by Crippen LogP contribution is 2.27. The van der Waals surface area contributed by atoms with Gasteiger partial charge in [-0.25, -0.2) is 4.79 Å². The van der Waals surface area contributed by atoms with Gasteiger partial charge in [0.15, 0.2) is 11.5 Å². The first-order valence-electron chi connectivity index (χ1n) is 7.46. The largest absolute Gasteiger partial charge is 0.466 e. The van der Waals surface area contributed by atoms with Gasteiger partial charge in [-0.2, -0.15) is 0 Å². The van der Waals surface area contributed by atoms with Crippen molar-refractivity contribution in [3.8, 4) is 0 Å². The summed E-state index contributed by atoms with van der Waals surface area (Å²) in [7, 11) is 0. The Morgan fingerprint density at radius 1 is 1.00 bits per heavy atom. The second-order valence-corrected chi connectivity index (χ2v) is 4.84. The minimum Gasteiger partial charge on any atom is -0.466 e. The van der Waals surface area contributed by atoms with E-state index in [9.17, 15) is 24.3 Å². The zero-order chi connectivity index (χ0) is 18.0. The molecule has 0 aromatic heterocycles. The van der Waals surface area contributed by atoms with Crippen LogP contribution >= 0.6 is 0 Å². The molecule has 132 valence electrons. The lowest BCUT2D eigenvalue weighted by atomic mass is 9.81. The number of carbonyl (C=O) groups excluding carboxylic acids is 4. The van der Waals surface area contributed by atoms with E-state index in [4.69, 9.17) is 14.2 Å². The first-order chi connectivity index (χ1) is 10.7. The number of aliphatic hydroxyl groups is 1. The van der Waals surface area contributed by atoms with Crippen molar-refractivity contribution < 1.29 is 38.5 Å². The van der Waals surface area contributed by atoms with Gasteiger partial charge in [-0.3, -0.25) is 14.4 Å². The fraction of sp³-hybridized carbons (Fsp3) is 0.733.